The summed E-state index contributed by atoms with van der Waals surface area (Å²) in [6.07, 6.45) is 0. The van der Waals surface area contributed by atoms with Crippen LogP contribution in [0.1, 0.15) is 50.7 Å². The molecule has 2 N–H and O–H groups in total. The summed E-state index contributed by atoms with van der Waals surface area (Å²) >= 11 is 0. The normalized spacial score (nSPS) is 10.9. The van der Waals surface area contributed by atoms with Crippen molar-refractivity contribution in [2.24, 2.45) is 0 Å². The van der Waals surface area contributed by atoms with E-state index < -0.39 is 0 Å². The Kier molecular flexibility index (Phi) is 5.80. The molecule has 23 heavy (non-hydrogen) atoms. The third-order valence-electron chi connectivity index (χ3n) is 3.86. The molecule has 0 aliphatic heterocycles. The molecule has 3 heteroatoms. The molecule has 1 amide bonds. The topological polar surface area (TPSA) is 41.1 Å². The van der Waals surface area contributed by atoms with Gasteiger partial charge in [0.1, 0.15) is 0 Å². The molecule has 3 nitrogen and oxygen atoms in total. The van der Waals surface area contributed by atoms with E-state index in [2.05, 4.69) is 56.5 Å². The van der Waals surface area contributed by atoms with Gasteiger partial charge in [0.25, 0.3) is 0 Å². The Hall–Kier alpha value is -2.29. The summed E-state index contributed by atoms with van der Waals surface area (Å²) < 4.78 is 0. The van der Waals surface area contributed by atoms with Crippen LogP contribution in [-0.2, 0) is 4.79 Å². The van der Waals surface area contributed by atoms with Crippen LogP contribution in [0.3, 0.4) is 0 Å². The van der Waals surface area contributed by atoms with Gasteiger partial charge in [-0.1, -0.05) is 64.1 Å². The van der Waals surface area contributed by atoms with E-state index in [1.165, 1.54) is 11.1 Å². The summed E-state index contributed by atoms with van der Waals surface area (Å²) in [4.78, 5) is 12.2. The fourth-order valence-electron chi connectivity index (χ4n) is 2.65. The quantitative estimate of drug-likeness (QED) is 0.789. The summed E-state index contributed by atoms with van der Waals surface area (Å²) in [5.74, 6) is 0.784. The van der Waals surface area contributed by atoms with Crippen molar-refractivity contribution >= 4 is 17.3 Å². The summed E-state index contributed by atoms with van der Waals surface area (Å²) in [7, 11) is 0. The Bertz CT molecular complexity index is 622. The molecule has 2 rings (SSSR count). The van der Waals surface area contributed by atoms with Crippen molar-refractivity contribution in [2.75, 3.05) is 17.2 Å². The van der Waals surface area contributed by atoms with Crippen LogP contribution in [0.2, 0.25) is 0 Å². The molecular weight excluding hydrogens is 284 g/mol. The van der Waals surface area contributed by atoms with Gasteiger partial charge in [-0.3, -0.25) is 4.79 Å². The first-order valence-electron chi connectivity index (χ1n) is 8.20. The van der Waals surface area contributed by atoms with Crippen molar-refractivity contribution in [2.45, 2.75) is 39.5 Å². The molecule has 0 aliphatic carbocycles. The number of benzene rings is 2. The SMILES string of the molecule is CC(C)c1cccc(C(C)C)c1NCC(=O)Nc1ccccc1. The minimum atomic E-state index is -0.0375. The van der Waals surface area contributed by atoms with Gasteiger partial charge < -0.3 is 10.6 Å². The minimum Gasteiger partial charge on any atom is -0.376 e. The lowest BCUT2D eigenvalue weighted by Gasteiger charge is -2.20. The number of carbonyl (C=O) groups is 1. The van der Waals surface area contributed by atoms with Crippen LogP contribution in [0, 0.1) is 0 Å². The Labute approximate surface area is 139 Å². The number of nitrogens with one attached hydrogen (secondary N) is 2. The van der Waals surface area contributed by atoms with Gasteiger partial charge in [-0.2, -0.15) is 0 Å². The van der Waals surface area contributed by atoms with Gasteiger partial charge in [0.05, 0.1) is 6.54 Å². The first-order chi connectivity index (χ1) is 11.0. The van der Waals surface area contributed by atoms with E-state index in [1.54, 1.807) is 0 Å². The largest absolute Gasteiger partial charge is 0.376 e. The Morgan fingerprint density at radius 1 is 0.870 bits per heavy atom. The second kappa shape index (κ2) is 7.82. The summed E-state index contributed by atoms with van der Waals surface area (Å²) in [5, 5.41) is 6.26. The van der Waals surface area contributed by atoms with Crippen LogP contribution in [-0.4, -0.2) is 12.5 Å². The van der Waals surface area contributed by atoms with Gasteiger partial charge >= 0.3 is 0 Å². The number of anilines is 2. The van der Waals surface area contributed by atoms with E-state index in [4.69, 9.17) is 0 Å². The third-order valence-corrected chi connectivity index (χ3v) is 3.86. The molecule has 0 aromatic heterocycles. The van der Waals surface area contributed by atoms with Crippen LogP contribution in [0.4, 0.5) is 11.4 Å². The molecule has 2 aromatic rings. The maximum Gasteiger partial charge on any atom is 0.243 e. The number of hydrogen-bond donors (Lipinski definition) is 2. The van der Waals surface area contributed by atoms with Gasteiger partial charge in [0.15, 0.2) is 0 Å². The van der Waals surface area contributed by atoms with E-state index in [0.717, 1.165) is 11.4 Å². The summed E-state index contributed by atoms with van der Waals surface area (Å²) in [6, 6.07) is 15.9. The van der Waals surface area contributed by atoms with Gasteiger partial charge in [-0.05, 0) is 35.1 Å². The van der Waals surface area contributed by atoms with Gasteiger partial charge in [-0.15, -0.1) is 0 Å². The lowest BCUT2D eigenvalue weighted by molar-refractivity contribution is -0.114. The van der Waals surface area contributed by atoms with Crippen molar-refractivity contribution in [1.82, 2.24) is 0 Å². The van der Waals surface area contributed by atoms with Crippen LogP contribution >= 0.6 is 0 Å². The lowest BCUT2D eigenvalue weighted by atomic mass is 9.92. The summed E-state index contributed by atoms with van der Waals surface area (Å²) in [6.45, 7) is 8.96. The van der Waals surface area contributed by atoms with Crippen LogP contribution < -0.4 is 10.6 Å². The molecule has 0 spiro atoms. The predicted molar refractivity (Wildman–Crippen MR) is 98.2 cm³/mol. The smallest absolute Gasteiger partial charge is 0.243 e. The Morgan fingerprint density at radius 2 is 1.43 bits per heavy atom. The van der Waals surface area contributed by atoms with Crippen LogP contribution in [0.25, 0.3) is 0 Å². The zero-order valence-electron chi connectivity index (χ0n) is 14.4. The Morgan fingerprint density at radius 3 is 1.96 bits per heavy atom. The third kappa shape index (κ3) is 4.59. The average molecular weight is 310 g/mol. The molecule has 0 atom stereocenters. The zero-order chi connectivity index (χ0) is 16.8. The number of hydrogen-bond acceptors (Lipinski definition) is 2. The monoisotopic (exact) mass is 310 g/mol. The molecule has 0 aliphatic rings. The second-order valence-electron chi connectivity index (χ2n) is 6.39. The molecule has 0 saturated heterocycles. The maximum atomic E-state index is 12.2. The standard InChI is InChI=1S/C20H26N2O/c1-14(2)17-11-8-12-18(15(3)4)20(17)21-13-19(23)22-16-9-6-5-7-10-16/h5-12,14-15,21H,13H2,1-4H3,(H,22,23). The van der Waals surface area contributed by atoms with Gasteiger partial charge in [-0.25, -0.2) is 0 Å². The predicted octanol–water partition coefficient (Wildman–Crippen LogP) is 4.98. The second-order valence-corrected chi connectivity index (χ2v) is 6.39. The molecule has 0 heterocycles. The highest BCUT2D eigenvalue weighted by Crippen LogP contribution is 2.32. The first-order valence-corrected chi connectivity index (χ1v) is 8.20. The number of rotatable bonds is 6. The molecule has 0 radical (unpaired) electrons. The molecule has 2 aromatic carbocycles. The molecule has 0 unspecified atom stereocenters. The van der Waals surface area contributed by atoms with E-state index in [1.807, 2.05) is 30.3 Å². The van der Waals surface area contributed by atoms with E-state index in [0.29, 0.717) is 11.8 Å². The number of para-hydroxylation sites is 2. The number of carbonyl (C=O) groups excluding carboxylic acids is 1. The molecule has 122 valence electrons. The lowest BCUT2D eigenvalue weighted by Crippen LogP contribution is -2.23. The van der Waals surface area contributed by atoms with Crippen molar-refractivity contribution in [3.8, 4) is 0 Å². The Balaban J connectivity index is 2.11. The van der Waals surface area contributed by atoms with Crippen LogP contribution in [0.5, 0.6) is 0 Å². The zero-order valence-corrected chi connectivity index (χ0v) is 14.4. The molecular formula is C20H26N2O. The van der Waals surface area contributed by atoms with Crippen molar-refractivity contribution in [1.29, 1.82) is 0 Å². The van der Waals surface area contributed by atoms with Crippen LogP contribution in [0.15, 0.2) is 48.5 Å². The highest BCUT2D eigenvalue weighted by atomic mass is 16.1. The first kappa shape index (κ1) is 17.1. The molecule has 0 bridgehead atoms. The van der Waals surface area contributed by atoms with Crippen molar-refractivity contribution in [3.05, 3.63) is 59.7 Å². The van der Waals surface area contributed by atoms with E-state index in [-0.39, 0.29) is 12.5 Å². The van der Waals surface area contributed by atoms with E-state index >= 15 is 0 Å². The maximum absolute atomic E-state index is 12.2. The van der Waals surface area contributed by atoms with Gasteiger partial charge in [0, 0.05) is 11.4 Å². The minimum absolute atomic E-state index is 0.0375. The van der Waals surface area contributed by atoms with Crippen molar-refractivity contribution in [3.63, 3.8) is 0 Å². The van der Waals surface area contributed by atoms with Crippen molar-refractivity contribution < 1.29 is 4.79 Å². The van der Waals surface area contributed by atoms with Gasteiger partial charge in [0.2, 0.25) is 5.91 Å². The number of amides is 1. The average Bonchev–Trinajstić information content (AvgIpc) is 2.53. The fourth-order valence-corrected chi connectivity index (χ4v) is 2.65. The highest BCUT2D eigenvalue weighted by Gasteiger charge is 2.14. The highest BCUT2D eigenvalue weighted by molar-refractivity contribution is 5.94. The van der Waals surface area contributed by atoms with E-state index in [9.17, 15) is 4.79 Å². The fraction of sp³-hybridized carbons (Fsp3) is 0.350. The molecule has 0 fully saturated rings. The summed E-state index contributed by atoms with van der Waals surface area (Å²) in [5.41, 5.74) is 4.42. The molecule has 0 saturated carbocycles.